The predicted octanol–water partition coefficient (Wildman–Crippen LogP) is 2.89. The highest BCUT2D eigenvalue weighted by atomic mass is 79.9. The highest BCUT2D eigenvalue weighted by molar-refractivity contribution is 9.10. The normalized spacial score (nSPS) is 10.9. The first-order valence-corrected chi connectivity index (χ1v) is 4.56. The summed E-state index contributed by atoms with van der Waals surface area (Å²) in [6, 6.07) is 1.52. The maximum atomic E-state index is 12.3. The Morgan fingerprint density at radius 3 is 2.69 bits per heavy atom. The van der Waals surface area contributed by atoms with Crippen molar-refractivity contribution >= 4 is 27.5 Å². The highest BCUT2D eigenvalue weighted by Gasteiger charge is 2.17. The van der Waals surface area contributed by atoms with Gasteiger partial charge in [-0.1, -0.05) is 11.6 Å². The molecule has 0 saturated heterocycles. The van der Waals surface area contributed by atoms with Crippen LogP contribution in [0.25, 0.3) is 0 Å². The van der Waals surface area contributed by atoms with Gasteiger partial charge in [-0.2, -0.15) is 0 Å². The Balaban J connectivity index is 3.27. The van der Waals surface area contributed by atoms with Gasteiger partial charge in [-0.3, -0.25) is 0 Å². The van der Waals surface area contributed by atoms with E-state index < -0.39 is 12.1 Å². The number of rotatable bonds is 2. The van der Waals surface area contributed by atoms with E-state index in [-0.39, 0.29) is 11.6 Å². The van der Waals surface area contributed by atoms with Crippen LogP contribution in [0.15, 0.2) is 10.7 Å². The molecule has 0 aliphatic heterocycles. The molecular weight excluding hydrogens is 265 g/mol. The third-order valence-corrected chi connectivity index (χ3v) is 2.30. The van der Waals surface area contributed by atoms with Gasteiger partial charge < -0.3 is 5.73 Å². The Morgan fingerprint density at radius 1 is 1.62 bits per heavy atom. The summed E-state index contributed by atoms with van der Waals surface area (Å²) in [6.45, 7) is 0.111. The highest BCUT2D eigenvalue weighted by Crippen LogP contribution is 2.29. The number of aromatic nitrogens is 1. The topological polar surface area (TPSA) is 38.9 Å². The first-order chi connectivity index (χ1) is 6.06. The van der Waals surface area contributed by atoms with Crippen LogP contribution in [-0.4, -0.2) is 4.98 Å². The zero-order valence-electron chi connectivity index (χ0n) is 6.40. The molecule has 1 aromatic heterocycles. The average Bonchev–Trinajstić information content (AvgIpc) is 2.08. The van der Waals surface area contributed by atoms with Gasteiger partial charge in [0.05, 0.1) is 5.02 Å². The second-order valence-corrected chi connectivity index (χ2v) is 3.50. The maximum Gasteiger partial charge on any atom is 0.281 e. The fourth-order valence-electron chi connectivity index (χ4n) is 0.861. The number of pyridine rings is 1. The number of hydrogen-bond donors (Lipinski definition) is 1. The summed E-state index contributed by atoms with van der Waals surface area (Å²) in [5.41, 5.74) is 5.33. The van der Waals surface area contributed by atoms with E-state index in [4.69, 9.17) is 17.3 Å². The third-order valence-electron chi connectivity index (χ3n) is 1.45. The van der Waals surface area contributed by atoms with Crippen molar-refractivity contribution in [2.45, 2.75) is 13.0 Å². The minimum absolute atomic E-state index is 0.0549. The largest absolute Gasteiger partial charge is 0.326 e. The monoisotopic (exact) mass is 270 g/mol. The molecule has 0 amide bonds. The lowest BCUT2D eigenvalue weighted by Gasteiger charge is -2.07. The van der Waals surface area contributed by atoms with E-state index in [9.17, 15) is 8.78 Å². The Bertz CT molecular complexity index is 320. The molecule has 0 radical (unpaired) electrons. The van der Waals surface area contributed by atoms with Gasteiger partial charge in [0.15, 0.2) is 0 Å². The molecule has 0 aliphatic rings. The molecule has 0 spiro atoms. The molecule has 0 fully saturated rings. The molecule has 0 unspecified atom stereocenters. The van der Waals surface area contributed by atoms with Crippen LogP contribution in [0, 0.1) is 0 Å². The first-order valence-electron chi connectivity index (χ1n) is 3.39. The average molecular weight is 271 g/mol. The SMILES string of the molecule is NCc1cc(Br)nc(C(F)F)c1Cl. The van der Waals surface area contributed by atoms with Crippen molar-refractivity contribution in [2.24, 2.45) is 5.73 Å². The zero-order chi connectivity index (χ0) is 10.0. The molecular formula is C7H6BrClF2N2. The number of alkyl halides is 2. The van der Waals surface area contributed by atoms with E-state index in [0.29, 0.717) is 10.2 Å². The molecule has 0 saturated carbocycles. The van der Waals surface area contributed by atoms with Crippen molar-refractivity contribution in [1.29, 1.82) is 0 Å². The molecule has 2 N–H and O–H groups in total. The molecule has 6 heteroatoms. The second-order valence-electron chi connectivity index (χ2n) is 2.31. The van der Waals surface area contributed by atoms with E-state index in [0.717, 1.165) is 0 Å². The van der Waals surface area contributed by atoms with Gasteiger partial charge in [0.25, 0.3) is 6.43 Å². The van der Waals surface area contributed by atoms with Crippen molar-refractivity contribution in [2.75, 3.05) is 0 Å². The van der Waals surface area contributed by atoms with Gasteiger partial charge in [-0.25, -0.2) is 13.8 Å². The van der Waals surface area contributed by atoms with E-state index >= 15 is 0 Å². The standard InChI is InChI=1S/C7H6BrClF2N2/c8-4-1-3(2-12)5(9)6(13-4)7(10)11/h1,7H,2,12H2. The van der Waals surface area contributed by atoms with Gasteiger partial charge in [0.1, 0.15) is 10.3 Å². The lowest BCUT2D eigenvalue weighted by atomic mass is 10.2. The lowest BCUT2D eigenvalue weighted by Crippen LogP contribution is -2.02. The fraction of sp³-hybridized carbons (Fsp3) is 0.286. The van der Waals surface area contributed by atoms with E-state index in [1.54, 1.807) is 0 Å². The van der Waals surface area contributed by atoms with Crippen LogP contribution in [0.5, 0.6) is 0 Å². The van der Waals surface area contributed by atoms with Crippen LogP contribution in [0.4, 0.5) is 8.78 Å². The maximum absolute atomic E-state index is 12.3. The van der Waals surface area contributed by atoms with Crippen LogP contribution in [0.3, 0.4) is 0 Å². The van der Waals surface area contributed by atoms with E-state index in [2.05, 4.69) is 20.9 Å². The van der Waals surface area contributed by atoms with Gasteiger partial charge in [0, 0.05) is 6.54 Å². The van der Waals surface area contributed by atoms with Crippen molar-refractivity contribution < 1.29 is 8.78 Å². The predicted molar refractivity (Wildman–Crippen MR) is 49.8 cm³/mol. The third kappa shape index (κ3) is 2.36. The molecule has 0 bridgehead atoms. The van der Waals surface area contributed by atoms with Crippen LogP contribution >= 0.6 is 27.5 Å². The minimum Gasteiger partial charge on any atom is -0.326 e. The van der Waals surface area contributed by atoms with Crippen LogP contribution < -0.4 is 5.73 Å². The van der Waals surface area contributed by atoms with E-state index in [1.807, 2.05) is 0 Å². The van der Waals surface area contributed by atoms with Crippen LogP contribution in [0.1, 0.15) is 17.7 Å². The molecule has 0 atom stereocenters. The van der Waals surface area contributed by atoms with Crippen molar-refractivity contribution in [3.63, 3.8) is 0 Å². The van der Waals surface area contributed by atoms with Gasteiger partial charge in [-0.05, 0) is 27.6 Å². The molecule has 1 aromatic rings. The zero-order valence-corrected chi connectivity index (χ0v) is 8.74. The van der Waals surface area contributed by atoms with Gasteiger partial charge in [-0.15, -0.1) is 0 Å². The molecule has 0 aliphatic carbocycles. The summed E-state index contributed by atoms with van der Waals surface area (Å²) in [7, 11) is 0. The number of halogens is 4. The summed E-state index contributed by atoms with van der Waals surface area (Å²) >= 11 is 8.63. The van der Waals surface area contributed by atoms with Crippen LogP contribution in [-0.2, 0) is 6.54 Å². The van der Waals surface area contributed by atoms with E-state index in [1.165, 1.54) is 6.07 Å². The minimum atomic E-state index is -2.68. The summed E-state index contributed by atoms with van der Waals surface area (Å²) in [6.07, 6.45) is -2.68. The van der Waals surface area contributed by atoms with Crippen molar-refractivity contribution in [3.8, 4) is 0 Å². The number of nitrogens with zero attached hydrogens (tertiary/aromatic N) is 1. The van der Waals surface area contributed by atoms with Crippen LogP contribution in [0.2, 0.25) is 5.02 Å². The Morgan fingerprint density at radius 2 is 2.23 bits per heavy atom. The van der Waals surface area contributed by atoms with Crippen molar-refractivity contribution in [1.82, 2.24) is 4.98 Å². The van der Waals surface area contributed by atoms with Gasteiger partial charge in [0.2, 0.25) is 0 Å². The lowest BCUT2D eigenvalue weighted by molar-refractivity contribution is 0.146. The molecule has 72 valence electrons. The molecule has 1 heterocycles. The number of hydrogen-bond acceptors (Lipinski definition) is 2. The van der Waals surface area contributed by atoms with Crippen molar-refractivity contribution in [3.05, 3.63) is 26.9 Å². The molecule has 1 rings (SSSR count). The summed E-state index contributed by atoms with van der Waals surface area (Å²) in [5, 5.41) is -0.0549. The Labute approximate surface area is 87.2 Å². The Kier molecular flexibility index (Phi) is 3.58. The number of nitrogens with two attached hydrogens (primary N) is 1. The smallest absolute Gasteiger partial charge is 0.281 e. The first kappa shape index (κ1) is 10.8. The Hall–Kier alpha value is -0.260. The quantitative estimate of drug-likeness (QED) is 0.840. The van der Waals surface area contributed by atoms with Gasteiger partial charge >= 0.3 is 0 Å². The fourth-order valence-corrected chi connectivity index (χ4v) is 1.58. The molecule has 13 heavy (non-hydrogen) atoms. The molecule has 2 nitrogen and oxygen atoms in total. The summed E-state index contributed by atoms with van der Waals surface area (Å²) < 4.78 is 24.9. The second kappa shape index (κ2) is 4.30. The summed E-state index contributed by atoms with van der Waals surface area (Å²) in [4.78, 5) is 3.56. The summed E-state index contributed by atoms with van der Waals surface area (Å²) in [5.74, 6) is 0. The molecule has 0 aromatic carbocycles.